The lowest BCUT2D eigenvalue weighted by molar-refractivity contribution is -0.158. The Morgan fingerprint density at radius 2 is 2.35 bits per heavy atom. The normalized spacial score (nSPS) is 27.8. The van der Waals surface area contributed by atoms with E-state index in [9.17, 15) is 9.90 Å². The van der Waals surface area contributed by atoms with Gasteiger partial charge in [-0.25, -0.2) is 4.98 Å². The van der Waals surface area contributed by atoms with Crippen LogP contribution < -0.4 is 0 Å². The number of carboxylic acids is 1. The topological polar surface area (TPSA) is 75.3 Å². The van der Waals surface area contributed by atoms with Crippen LogP contribution in [0.3, 0.4) is 0 Å². The Balaban J connectivity index is 1.97. The van der Waals surface area contributed by atoms with Crippen LogP contribution in [0.1, 0.15) is 32.0 Å². The van der Waals surface area contributed by atoms with Gasteiger partial charge in [0.1, 0.15) is 5.82 Å². The van der Waals surface area contributed by atoms with Crippen LogP contribution in [0.4, 0.5) is 0 Å². The van der Waals surface area contributed by atoms with E-state index in [4.69, 9.17) is 5.11 Å². The third-order valence-electron chi connectivity index (χ3n) is 3.36. The summed E-state index contributed by atoms with van der Waals surface area (Å²) in [5.41, 5.74) is -0.875. The first-order valence-electron chi connectivity index (χ1n) is 5.99. The number of aliphatic hydroxyl groups is 1. The maximum absolute atomic E-state index is 10.7. The van der Waals surface area contributed by atoms with Crippen LogP contribution in [-0.2, 0) is 17.8 Å². The van der Waals surface area contributed by atoms with Crippen molar-refractivity contribution in [3.8, 4) is 0 Å². The number of carbonyl (C=O) groups is 1. The Hall–Kier alpha value is -1.36. The van der Waals surface area contributed by atoms with Crippen molar-refractivity contribution in [2.24, 2.45) is 5.92 Å². The number of aromatic nitrogens is 2. The average molecular weight is 238 g/mol. The van der Waals surface area contributed by atoms with E-state index in [0.29, 0.717) is 19.3 Å². The van der Waals surface area contributed by atoms with E-state index < -0.39 is 17.5 Å². The highest BCUT2D eigenvalue weighted by Crippen LogP contribution is 2.40. The molecule has 0 saturated heterocycles. The van der Waals surface area contributed by atoms with Gasteiger partial charge in [0.15, 0.2) is 0 Å². The minimum absolute atomic E-state index is 0.335. The zero-order chi connectivity index (χ0) is 12.5. The first kappa shape index (κ1) is 12.1. The third-order valence-corrected chi connectivity index (χ3v) is 3.36. The molecule has 1 saturated carbocycles. The molecule has 0 spiro atoms. The second-order valence-electron chi connectivity index (χ2n) is 4.88. The van der Waals surface area contributed by atoms with Gasteiger partial charge in [0, 0.05) is 25.4 Å². The average Bonchev–Trinajstić information content (AvgIpc) is 2.62. The summed E-state index contributed by atoms with van der Waals surface area (Å²) in [5, 5.41) is 19.0. The number of aryl methyl sites for hydroxylation is 1. The molecule has 0 aromatic carbocycles. The van der Waals surface area contributed by atoms with Gasteiger partial charge >= 0.3 is 5.97 Å². The van der Waals surface area contributed by atoms with E-state index in [-0.39, 0.29) is 0 Å². The molecule has 5 nitrogen and oxygen atoms in total. The number of carboxylic acid groups (broad SMARTS) is 1. The van der Waals surface area contributed by atoms with Gasteiger partial charge < -0.3 is 14.8 Å². The molecule has 0 bridgehead atoms. The van der Waals surface area contributed by atoms with Crippen LogP contribution in [0.2, 0.25) is 0 Å². The minimum Gasteiger partial charge on any atom is -0.481 e. The number of imidazole rings is 1. The van der Waals surface area contributed by atoms with Gasteiger partial charge in [-0.3, -0.25) is 4.79 Å². The van der Waals surface area contributed by atoms with Crippen LogP contribution in [0.15, 0.2) is 12.4 Å². The molecule has 2 N–H and O–H groups in total. The molecule has 0 radical (unpaired) electrons. The molecule has 0 unspecified atom stereocenters. The number of rotatable bonds is 5. The van der Waals surface area contributed by atoms with Gasteiger partial charge in [-0.1, -0.05) is 6.92 Å². The van der Waals surface area contributed by atoms with Gasteiger partial charge in [-0.2, -0.15) is 0 Å². The number of hydrogen-bond acceptors (Lipinski definition) is 3. The molecule has 1 aliphatic carbocycles. The van der Waals surface area contributed by atoms with Crippen molar-refractivity contribution in [1.82, 2.24) is 9.55 Å². The Bertz CT molecular complexity index is 408. The van der Waals surface area contributed by atoms with Gasteiger partial charge in [0.2, 0.25) is 0 Å². The highest BCUT2D eigenvalue weighted by Gasteiger charge is 2.46. The van der Waals surface area contributed by atoms with E-state index in [1.165, 1.54) is 0 Å². The number of hydrogen-bond donors (Lipinski definition) is 2. The largest absolute Gasteiger partial charge is 0.481 e. The maximum atomic E-state index is 10.7. The third kappa shape index (κ3) is 2.49. The van der Waals surface area contributed by atoms with Gasteiger partial charge in [-0.05, 0) is 19.3 Å². The molecule has 1 aromatic rings. The smallest absolute Gasteiger partial charge is 0.306 e. The predicted molar refractivity (Wildman–Crippen MR) is 61.5 cm³/mol. The molecular formula is C12H18N2O3. The summed E-state index contributed by atoms with van der Waals surface area (Å²) < 4.78 is 2.02. The lowest BCUT2D eigenvalue weighted by atomic mass is 9.69. The van der Waals surface area contributed by atoms with E-state index in [1.54, 1.807) is 6.20 Å². The molecule has 1 aromatic heterocycles. The zero-order valence-corrected chi connectivity index (χ0v) is 9.96. The summed E-state index contributed by atoms with van der Waals surface area (Å²) in [4.78, 5) is 14.9. The molecule has 0 amide bonds. The van der Waals surface area contributed by atoms with E-state index >= 15 is 0 Å². The van der Waals surface area contributed by atoms with E-state index in [2.05, 4.69) is 11.9 Å². The lowest BCUT2D eigenvalue weighted by Gasteiger charge is -2.41. The SMILES string of the molecule is CCCn1ccnc1CC1(O)CC(C(=O)O)C1. The zero-order valence-electron chi connectivity index (χ0n) is 9.96. The van der Waals surface area contributed by atoms with Crippen molar-refractivity contribution in [2.45, 2.75) is 44.8 Å². The molecule has 1 fully saturated rings. The van der Waals surface area contributed by atoms with Crippen LogP contribution in [0, 0.1) is 5.92 Å². The highest BCUT2D eigenvalue weighted by molar-refractivity contribution is 5.71. The summed E-state index contributed by atoms with van der Waals surface area (Å²) in [6.45, 7) is 2.97. The Labute approximate surface area is 100 Å². The molecule has 1 aliphatic rings. The molecule has 1 heterocycles. The van der Waals surface area contributed by atoms with Crippen molar-refractivity contribution < 1.29 is 15.0 Å². The van der Waals surface area contributed by atoms with Crippen LogP contribution >= 0.6 is 0 Å². The van der Waals surface area contributed by atoms with Crippen LogP contribution in [0.5, 0.6) is 0 Å². The minimum atomic E-state index is -0.875. The Morgan fingerprint density at radius 1 is 1.65 bits per heavy atom. The molecule has 0 atom stereocenters. The van der Waals surface area contributed by atoms with Crippen LogP contribution in [0.25, 0.3) is 0 Å². The molecule has 5 heteroatoms. The number of aliphatic carboxylic acids is 1. The van der Waals surface area contributed by atoms with Crippen molar-refractivity contribution in [2.75, 3.05) is 0 Å². The van der Waals surface area contributed by atoms with Crippen molar-refractivity contribution in [1.29, 1.82) is 0 Å². The quantitative estimate of drug-likeness (QED) is 0.804. The summed E-state index contributed by atoms with van der Waals surface area (Å²) in [5.74, 6) is -0.362. The molecular weight excluding hydrogens is 220 g/mol. The number of nitrogens with zero attached hydrogens (tertiary/aromatic N) is 2. The fourth-order valence-electron chi connectivity index (χ4n) is 2.42. The fraction of sp³-hybridized carbons (Fsp3) is 0.667. The maximum Gasteiger partial charge on any atom is 0.306 e. The van der Waals surface area contributed by atoms with E-state index in [0.717, 1.165) is 18.8 Å². The summed E-state index contributed by atoms with van der Waals surface area (Å²) >= 11 is 0. The van der Waals surface area contributed by atoms with Crippen molar-refractivity contribution in [3.05, 3.63) is 18.2 Å². The molecule has 0 aliphatic heterocycles. The summed E-state index contributed by atoms with van der Waals surface area (Å²) in [7, 11) is 0. The van der Waals surface area contributed by atoms with E-state index in [1.807, 2.05) is 10.8 Å². The fourth-order valence-corrected chi connectivity index (χ4v) is 2.42. The first-order valence-corrected chi connectivity index (χ1v) is 5.99. The molecule has 17 heavy (non-hydrogen) atoms. The van der Waals surface area contributed by atoms with Gasteiger partial charge in [0.25, 0.3) is 0 Å². The first-order chi connectivity index (χ1) is 8.04. The predicted octanol–water partition coefficient (Wildman–Crippen LogP) is 1.06. The standard InChI is InChI=1S/C12H18N2O3/c1-2-4-14-5-3-13-10(14)8-12(17)6-9(7-12)11(15)16/h3,5,9,17H,2,4,6-8H2,1H3,(H,15,16). The van der Waals surface area contributed by atoms with Crippen molar-refractivity contribution in [3.63, 3.8) is 0 Å². The molecule has 2 rings (SSSR count). The van der Waals surface area contributed by atoms with Gasteiger partial charge in [-0.15, -0.1) is 0 Å². The highest BCUT2D eigenvalue weighted by atomic mass is 16.4. The van der Waals surface area contributed by atoms with Gasteiger partial charge in [0.05, 0.1) is 11.5 Å². The summed E-state index contributed by atoms with van der Waals surface area (Å²) in [6, 6.07) is 0. The van der Waals surface area contributed by atoms with Crippen molar-refractivity contribution >= 4 is 5.97 Å². The second-order valence-corrected chi connectivity index (χ2v) is 4.88. The monoisotopic (exact) mass is 238 g/mol. The lowest BCUT2D eigenvalue weighted by Crippen LogP contribution is -2.49. The Morgan fingerprint density at radius 3 is 2.94 bits per heavy atom. The second kappa shape index (κ2) is 4.49. The van der Waals surface area contributed by atoms with Crippen LogP contribution in [-0.4, -0.2) is 31.3 Å². The molecule has 94 valence electrons. The Kier molecular flexibility index (Phi) is 3.19. The summed E-state index contributed by atoms with van der Waals surface area (Å²) in [6.07, 6.45) is 5.75.